The highest BCUT2D eigenvalue weighted by Crippen LogP contribution is 2.41. The molecule has 1 heterocycles. The van der Waals surface area contributed by atoms with Crippen molar-refractivity contribution in [1.29, 1.82) is 0 Å². The highest BCUT2D eigenvalue weighted by Gasteiger charge is 2.46. The molecular weight excluding hydrogens is 410 g/mol. The molecule has 0 bridgehead atoms. The van der Waals surface area contributed by atoms with Crippen molar-refractivity contribution in [2.75, 3.05) is 13.2 Å². The van der Waals surface area contributed by atoms with Gasteiger partial charge in [-0.25, -0.2) is 0 Å². The van der Waals surface area contributed by atoms with E-state index in [0.29, 0.717) is 22.8 Å². The van der Waals surface area contributed by atoms with E-state index in [1.165, 1.54) is 24.0 Å². The minimum atomic E-state index is -0.963. The number of phenols is 1. The fraction of sp³-hybridized carbons (Fsp3) is 0.273. The van der Waals surface area contributed by atoms with Gasteiger partial charge in [-0.2, -0.15) is 0 Å². The summed E-state index contributed by atoms with van der Waals surface area (Å²) < 4.78 is 5.42. The number of carbonyl (C=O) groups is 2. The van der Waals surface area contributed by atoms with Crippen LogP contribution in [0.15, 0.2) is 48.0 Å². The van der Waals surface area contributed by atoms with E-state index in [1.54, 1.807) is 37.3 Å². The molecule has 2 aromatic carbocycles. The minimum absolute atomic E-state index is 0.0919. The molecule has 1 aliphatic heterocycles. The molecule has 2 aromatic rings. The van der Waals surface area contributed by atoms with E-state index in [0.717, 1.165) is 0 Å². The molecule has 1 saturated heterocycles. The molecule has 1 aliphatic rings. The summed E-state index contributed by atoms with van der Waals surface area (Å²) in [5.74, 6) is -1.95. The predicted molar refractivity (Wildman–Crippen MR) is 111 cm³/mol. The third-order valence-electron chi connectivity index (χ3n) is 4.72. The van der Waals surface area contributed by atoms with Crippen LogP contribution in [0.5, 0.6) is 11.5 Å². The molecule has 2 atom stereocenters. The lowest BCUT2D eigenvalue weighted by molar-refractivity contribution is -0.140. The molecule has 3 N–H and O–H groups in total. The lowest BCUT2D eigenvalue weighted by atomic mass is 9.95. The number of ether oxygens (including phenoxy) is 1. The van der Waals surface area contributed by atoms with E-state index >= 15 is 0 Å². The normalized spacial score (nSPS) is 19.2. The number of rotatable bonds is 6. The highest BCUT2D eigenvalue weighted by molar-refractivity contribution is 6.46. The van der Waals surface area contributed by atoms with Crippen molar-refractivity contribution in [3.05, 3.63) is 64.2 Å². The summed E-state index contributed by atoms with van der Waals surface area (Å²) in [5.41, 5.74) is 0.658. The van der Waals surface area contributed by atoms with Crippen LogP contribution >= 0.6 is 11.6 Å². The molecule has 0 spiro atoms. The Morgan fingerprint density at radius 3 is 2.47 bits per heavy atom. The van der Waals surface area contributed by atoms with Gasteiger partial charge < -0.3 is 25.0 Å². The molecule has 8 heteroatoms. The van der Waals surface area contributed by atoms with Crippen molar-refractivity contribution >= 4 is 29.1 Å². The summed E-state index contributed by atoms with van der Waals surface area (Å²) in [6.45, 7) is 3.44. The number of β-amino-alcohol motifs (C(OH)–C–C–N with tert-alkyl or cyclic N) is 1. The summed E-state index contributed by atoms with van der Waals surface area (Å²) in [7, 11) is 0. The molecule has 3 rings (SSSR count). The molecule has 1 amide bonds. The van der Waals surface area contributed by atoms with Gasteiger partial charge in [0.2, 0.25) is 0 Å². The number of aliphatic hydroxyl groups excluding tert-OH is 2. The number of amides is 1. The number of phenolic OH excluding ortho intramolecular Hbond substituents is 1. The van der Waals surface area contributed by atoms with Gasteiger partial charge >= 0.3 is 0 Å². The number of Topliss-reactive ketones (excluding diaryl/α,β-unsaturated/α-hetero) is 1. The first kappa shape index (κ1) is 21.7. The number of ketones is 1. The number of halogens is 1. The number of aliphatic hydroxyl groups is 2. The van der Waals surface area contributed by atoms with Crippen molar-refractivity contribution < 1.29 is 29.6 Å². The fourth-order valence-electron chi connectivity index (χ4n) is 3.43. The second-order valence-electron chi connectivity index (χ2n) is 6.97. The Labute approximate surface area is 178 Å². The molecule has 0 unspecified atom stereocenters. The topological polar surface area (TPSA) is 107 Å². The first-order valence-electron chi connectivity index (χ1n) is 9.42. The molecule has 30 heavy (non-hydrogen) atoms. The van der Waals surface area contributed by atoms with Gasteiger partial charge in [-0.05, 0) is 55.8 Å². The summed E-state index contributed by atoms with van der Waals surface area (Å²) in [6, 6.07) is 9.69. The zero-order valence-corrected chi connectivity index (χ0v) is 17.3. The molecule has 1 fully saturated rings. The molecule has 158 valence electrons. The highest BCUT2D eigenvalue weighted by atomic mass is 35.5. The maximum Gasteiger partial charge on any atom is 0.295 e. The van der Waals surface area contributed by atoms with Crippen LogP contribution < -0.4 is 4.74 Å². The van der Waals surface area contributed by atoms with E-state index in [1.807, 2.05) is 0 Å². The van der Waals surface area contributed by atoms with E-state index in [9.17, 15) is 24.9 Å². The molecule has 0 radical (unpaired) electrons. The Morgan fingerprint density at radius 2 is 1.87 bits per heavy atom. The number of benzene rings is 2. The molecule has 0 aliphatic carbocycles. The van der Waals surface area contributed by atoms with Crippen LogP contribution in [0, 0.1) is 0 Å². The van der Waals surface area contributed by atoms with Crippen LogP contribution in [0.25, 0.3) is 5.76 Å². The van der Waals surface area contributed by atoms with E-state index in [4.69, 9.17) is 16.3 Å². The van der Waals surface area contributed by atoms with Gasteiger partial charge in [-0.3, -0.25) is 9.59 Å². The Bertz CT molecular complexity index is 999. The molecule has 7 nitrogen and oxygen atoms in total. The number of likely N-dealkylation sites (tertiary alicyclic amines) is 1. The quantitative estimate of drug-likeness (QED) is 0.368. The third kappa shape index (κ3) is 4.13. The number of aromatic hydroxyl groups is 1. The lowest BCUT2D eigenvalue weighted by Crippen LogP contribution is -2.35. The Balaban J connectivity index is 2.20. The molecule has 0 aromatic heterocycles. The smallest absolute Gasteiger partial charge is 0.295 e. The maximum atomic E-state index is 12.8. The van der Waals surface area contributed by atoms with Crippen molar-refractivity contribution in [3.8, 4) is 11.5 Å². The average Bonchev–Trinajstić information content (AvgIpc) is 2.94. The van der Waals surface area contributed by atoms with Gasteiger partial charge in [0.05, 0.1) is 24.3 Å². The van der Waals surface area contributed by atoms with Crippen LogP contribution in [0.1, 0.15) is 31.0 Å². The number of hydrogen-bond donors (Lipinski definition) is 3. The second-order valence-corrected chi connectivity index (χ2v) is 7.40. The fourth-order valence-corrected chi connectivity index (χ4v) is 3.56. The van der Waals surface area contributed by atoms with Crippen LogP contribution in [-0.2, 0) is 9.59 Å². The van der Waals surface area contributed by atoms with E-state index in [2.05, 4.69) is 0 Å². The van der Waals surface area contributed by atoms with Crippen molar-refractivity contribution in [3.63, 3.8) is 0 Å². The molecule has 0 saturated carbocycles. The minimum Gasteiger partial charge on any atom is -0.507 e. The van der Waals surface area contributed by atoms with Gasteiger partial charge in [0, 0.05) is 17.1 Å². The Hall–Kier alpha value is -3.03. The SMILES string of the molecule is CCOc1cc([C@H]2C(=C(O)c3ccc(Cl)cc3)C(=O)C(=O)N2C[C@H](C)O)ccc1O. The van der Waals surface area contributed by atoms with Crippen LogP contribution in [-0.4, -0.2) is 51.2 Å². The number of carbonyl (C=O) groups excluding carboxylic acids is 2. The Morgan fingerprint density at radius 1 is 1.20 bits per heavy atom. The van der Waals surface area contributed by atoms with E-state index < -0.39 is 23.8 Å². The third-order valence-corrected chi connectivity index (χ3v) is 4.97. The summed E-state index contributed by atoms with van der Waals surface area (Å²) in [6.07, 6.45) is -0.898. The molecular formula is C22H22ClNO6. The van der Waals surface area contributed by atoms with Gasteiger partial charge in [-0.1, -0.05) is 17.7 Å². The second kappa shape index (κ2) is 8.77. The van der Waals surface area contributed by atoms with Crippen LogP contribution in [0.3, 0.4) is 0 Å². The van der Waals surface area contributed by atoms with Crippen molar-refractivity contribution in [1.82, 2.24) is 4.90 Å². The maximum absolute atomic E-state index is 12.8. The lowest BCUT2D eigenvalue weighted by Gasteiger charge is -2.26. The predicted octanol–water partition coefficient (Wildman–Crippen LogP) is 3.25. The Kier molecular flexibility index (Phi) is 6.34. The summed E-state index contributed by atoms with van der Waals surface area (Å²) >= 11 is 5.90. The standard InChI is InChI=1S/C22H22ClNO6/c1-3-30-17-10-14(6-9-16(17)26)19-18(20(27)13-4-7-15(23)8-5-13)21(28)22(29)24(19)11-12(2)25/h4-10,12,19,25-27H,3,11H2,1-2H3/t12-,19-/m0/s1. The van der Waals surface area contributed by atoms with Crippen LogP contribution in [0.2, 0.25) is 5.02 Å². The zero-order chi connectivity index (χ0) is 22.0. The first-order chi connectivity index (χ1) is 14.2. The zero-order valence-electron chi connectivity index (χ0n) is 16.5. The summed E-state index contributed by atoms with van der Waals surface area (Å²) in [4.78, 5) is 26.8. The van der Waals surface area contributed by atoms with Crippen molar-refractivity contribution in [2.45, 2.75) is 26.0 Å². The number of nitrogens with zero attached hydrogens (tertiary/aromatic N) is 1. The van der Waals surface area contributed by atoms with Gasteiger partial charge in [-0.15, -0.1) is 0 Å². The summed E-state index contributed by atoms with van der Waals surface area (Å²) in [5, 5.41) is 31.3. The largest absolute Gasteiger partial charge is 0.507 e. The monoisotopic (exact) mass is 431 g/mol. The van der Waals surface area contributed by atoms with Crippen molar-refractivity contribution in [2.24, 2.45) is 0 Å². The van der Waals surface area contributed by atoms with Crippen LogP contribution in [0.4, 0.5) is 0 Å². The van der Waals surface area contributed by atoms with E-state index in [-0.39, 0.29) is 29.4 Å². The van der Waals surface area contributed by atoms with Gasteiger partial charge in [0.1, 0.15) is 5.76 Å². The number of hydrogen-bond acceptors (Lipinski definition) is 6. The van der Waals surface area contributed by atoms with Gasteiger partial charge in [0.15, 0.2) is 11.5 Å². The average molecular weight is 432 g/mol. The first-order valence-corrected chi connectivity index (χ1v) is 9.80. The van der Waals surface area contributed by atoms with Gasteiger partial charge in [0.25, 0.3) is 11.7 Å².